The van der Waals surface area contributed by atoms with Gasteiger partial charge in [0.25, 0.3) is 0 Å². The van der Waals surface area contributed by atoms with Gasteiger partial charge in [-0.2, -0.15) is 13.2 Å². The van der Waals surface area contributed by atoms with E-state index in [2.05, 4.69) is 20.3 Å². The number of halogens is 3. The van der Waals surface area contributed by atoms with E-state index in [0.29, 0.717) is 11.6 Å². The average Bonchev–Trinajstić information content (AvgIpc) is 3.34. The molecule has 0 atom stereocenters. The molecule has 0 saturated heterocycles. The minimum absolute atomic E-state index is 0.0786. The lowest BCUT2D eigenvalue weighted by atomic mass is 10.2. The molecule has 3 aromatic rings. The molecule has 2 heterocycles. The van der Waals surface area contributed by atoms with Crippen molar-refractivity contribution in [1.82, 2.24) is 19.5 Å². The van der Waals surface area contributed by atoms with Crippen molar-refractivity contribution in [1.29, 1.82) is 0 Å². The molecule has 1 saturated carbocycles. The van der Waals surface area contributed by atoms with E-state index in [1.54, 1.807) is 11.6 Å². The molecule has 5 nitrogen and oxygen atoms in total. The number of nitrogens with one attached hydrogen (secondary N) is 1. The molecule has 0 radical (unpaired) electrons. The van der Waals surface area contributed by atoms with Crippen LogP contribution in [0.15, 0.2) is 30.3 Å². The van der Waals surface area contributed by atoms with Gasteiger partial charge in [-0.15, -0.1) is 0 Å². The smallest absolute Gasteiger partial charge is 0.313 e. The van der Waals surface area contributed by atoms with Crippen molar-refractivity contribution in [3.05, 3.63) is 41.7 Å². The van der Waals surface area contributed by atoms with Gasteiger partial charge in [-0.05, 0) is 31.0 Å². The Morgan fingerprint density at radius 2 is 1.88 bits per heavy atom. The number of imidazole rings is 1. The highest BCUT2D eigenvalue weighted by atomic mass is 19.4. The Balaban J connectivity index is 1.75. The predicted octanol–water partition coefficient (Wildman–Crippen LogP) is 4.00. The summed E-state index contributed by atoms with van der Waals surface area (Å²) in [5.74, 6) is 0.414. The van der Waals surface area contributed by atoms with Crippen LogP contribution in [0, 0.1) is 0 Å². The number of anilines is 2. The summed E-state index contributed by atoms with van der Waals surface area (Å²) in [6, 6.07) is 8.49. The lowest BCUT2D eigenvalue weighted by Gasteiger charge is -2.11. The lowest BCUT2D eigenvalue weighted by Crippen LogP contribution is -2.13. The zero-order valence-electron chi connectivity index (χ0n) is 12.8. The fourth-order valence-corrected chi connectivity index (χ4v) is 2.61. The topological polar surface area (TPSA) is 55.6 Å². The maximum Gasteiger partial charge on any atom is 0.433 e. The van der Waals surface area contributed by atoms with Crippen molar-refractivity contribution < 1.29 is 13.2 Å². The first kappa shape index (κ1) is 14.9. The maximum atomic E-state index is 13.1. The summed E-state index contributed by atoms with van der Waals surface area (Å²) in [6.45, 7) is 0. The Bertz CT molecular complexity index is 912. The largest absolute Gasteiger partial charge is 0.433 e. The molecule has 124 valence electrons. The number of nitrogens with zero attached hydrogens (tertiary/aromatic N) is 4. The number of alkyl halides is 3. The molecule has 4 rings (SSSR count). The number of fused-ring (bicyclic) bond motifs is 1. The number of aryl methyl sites for hydroxylation is 1. The van der Waals surface area contributed by atoms with Crippen molar-refractivity contribution >= 4 is 22.9 Å². The van der Waals surface area contributed by atoms with Crippen LogP contribution in [0.2, 0.25) is 0 Å². The summed E-state index contributed by atoms with van der Waals surface area (Å²) in [5.41, 5.74) is 1.12. The zero-order valence-corrected chi connectivity index (χ0v) is 12.8. The molecule has 0 spiro atoms. The van der Waals surface area contributed by atoms with E-state index in [0.717, 1.165) is 29.9 Å². The number of rotatable bonds is 3. The molecule has 1 aliphatic rings. The zero-order chi connectivity index (χ0) is 16.9. The summed E-state index contributed by atoms with van der Waals surface area (Å²) in [4.78, 5) is 12.2. The number of para-hydroxylation sites is 2. The Labute approximate surface area is 135 Å². The molecule has 1 fully saturated rings. The van der Waals surface area contributed by atoms with Crippen LogP contribution in [0.1, 0.15) is 30.1 Å². The Morgan fingerprint density at radius 3 is 2.54 bits per heavy atom. The summed E-state index contributed by atoms with van der Waals surface area (Å²) in [5, 5.41) is 2.83. The highest BCUT2D eigenvalue weighted by molar-refractivity contribution is 5.79. The van der Waals surface area contributed by atoms with E-state index >= 15 is 0 Å². The normalized spacial score (nSPS) is 15.0. The molecule has 1 aromatic carbocycles. The summed E-state index contributed by atoms with van der Waals surface area (Å²) in [6.07, 6.45) is -2.78. The highest BCUT2D eigenvalue weighted by Crippen LogP contribution is 2.41. The van der Waals surface area contributed by atoms with Crippen molar-refractivity contribution in [3.8, 4) is 0 Å². The van der Waals surface area contributed by atoms with Crippen LogP contribution >= 0.6 is 0 Å². The highest BCUT2D eigenvalue weighted by Gasteiger charge is 2.36. The monoisotopic (exact) mass is 333 g/mol. The Morgan fingerprint density at radius 1 is 1.12 bits per heavy atom. The van der Waals surface area contributed by atoms with Gasteiger partial charge in [0.05, 0.1) is 11.0 Å². The molecule has 2 aromatic heterocycles. The van der Waals surface area contributed by atoms with Crippen LogP contribution in [0.25, 0.3) is 11.0 Å². The van der Waals surface area contributed by atoms with Gasteiger partial charge < -0.3 is 4.57 Å². The fourth-order valence-electron chi connectivity index (χ4n) is 2.61. The number of hydrogen-bond donors (Lipinski definition) is 1. The van der Waals surface area contributed by atoms with Crippen LogP contribution in [0.4, 0.5) is 25.1 Å². The third-order valence-corrected chi connectivity index (χ3v) is 4.04. The van der Waals surface area contributed by atoms with Gasteiger partial charge in [0.15, 0.2) is 0 Å². The first-order chi connectivity index (χ1) is 11.4. The van der Waals surface area contributed by atoms with E-state index in [1.165, 1.54) is 0 Å². The minimum atomic E-state index is -4.50. The summed E-state index contributed by atoms with van der Waals surface area (Å²) < 4.78 is 41.0. The molecular weight excluding hydrogens is 319 g/mol. The predicted molar refractivity (Wildman–Crippen MR) is 83.0 cm³/mol. The second kappa shape index (κ2) is 5.19. The van der Waals surface area contributed by atoms with Crippen LogP contribution in [0.3, 0.4) is 0 Å². The van der Waals surface area contributed by atoms with E-state index in [1.807, 2.05) is 24.3 Å². The van der Waals surface area contributed by atoms with Gasteiger partial charge in [-0.25, -0.2) is 15.0 Å². The van der Waals surface area contributed by atoms with E-state index in [-0.39, 0.29) is 11.9 Å². The lowest BCUT2D eigenvalue weighted by molar-refractivity contribution is -0.141. The molecule has 1 N–H and O–H groups in total. The first-order valence-electron chi connectivity index (χ1n) is 7.56. The third kappa shape index (κ3) is 2.68. The van der Waals surface area contributed by atoms with Crippen molar-refractivity contribution in [2.75, 3.05) is 5.32 Å². The Hall–Kier alpha value is -2.64. The van der Waals surface area contributed by atoms with E-state index in [9.17, 15) is 13.2 Å². The van der Waals surface area contributed by atoms with Gasteiger partial charge in [-0.3, -0.25) is 5.32 Å². The molecule has 24 heavy (non-hydrogen) atoms. The number of benzene rings is 1. The second-order valence-corrected chi connectivity index (χ2v) is 5.88. The van der Waals surface area contributed by atoms with Crippen LogP contribution in [-0.2, 0) is 13.2 Å². The maximum absolute atomic E-state index is 13.1. The van der Waals surface area contributed by atoms with Gasteiger partial charge in [-0.1, -0.05) is 12.1 Å². The van der Waals surface area contributed by atoms with Gasteiger partial charge in [0.1, 0.15) is 5.69 Å². The van der Waals surface area contributed by atoms with Crippen LogP contribution in [-0.4, -0.2) is 19.5 Å². The van der Waals surface area contributed by atoms with Crippen LogP contribution < -0.4 is 5.32 Å². The van der Waals surface area contributed by atoms with Gasteiger partial charge >= 0.3 is 6.18 Å². The molecule has 0 amide bonds. The SMILES string of the molecule is Cn1c(Nc2nc(C3CC3)cc(C(F)(F)F)n2)nc2ccccc21. The third-order valence-electron chi connectivity index (χ3n) is 4.04. The second-order valence-electron chi connectivity index (χ2n) is 5.88. The van der Waals surface area contributed by atoms with Gasteiger partial charge in [0, 0.05) is 18.7 Å². The molecular formula is C16H14F3N5. The average molecular weight is 333 g/mol. The molecule has 1 aliphatic carbocycles. The summed E-state index contributed by atoms with van der Waals surface area (Å²) >= 11 is 0. The number of hydrogen-bond acceptors (Lipinski definition) is 4. The quantitative estimate of drug-likeness (QED) is 0.787. The molecule has 0 unspecified atom stereocenters. The van der Waals surface area contributed by atoms with Crippen molar-refractivity contribution in [2.24, 2.45) is 7.05 Å². The van der Waals surface area contributed by atoms with Crippen LogP contribution in [0.5, 0.6) is 0 Å². The van der Waals surface area contributed by atoms with Crippen molar-refractivity contribution in [3.63, 3.8) is 0 Å². The molecule has 0 aliphatic heterocycles. The van der Waals surface area contributed by atoms with Gasteiger partial charge in [0.2, 0.25) is 11.9 Å². The number of aromatic nitrogens is 4. The van der Waals surface area contributed by atoms with E-state index < -0.39 is 11.9 Å². The minimum Gasteiger partial charge on any atom is -0.313 e. The molecule has 0 bridgehead atoms. The molecule has 8 heteroatoms. The van der Waals surface area contributed by atoms with E-state index in [4.69, 9.17) is 0 Å². The summed E-state index contributed by atoms with van der Waals surface area (Å²) in [7, 11) is 1.78. The first-order valence-corrected chi connectivity index (χ1v) is 7.56. The fraction of sp³-hybridized carbons (Fsp3) is 0.312. The Kier molecular flexibility index (Phi) is 3.22. The van der Waals surface area contributed by atoms with Crippen molar-refractivity contribution in [2.45, 2.75) is 24.9 Å². The standard InChI is InChI=1S/C16H14F3N5/c1-24-12-5-3-2-4-10(12)21-15(24)23-14-20-11(9-6-7-9)8-13(22-14)16(17,18)19/h2-5,8-9H,6-7H2,1H3,(H,20,21,22,23).